The number of halogens is 2. The first-order valence-electron chi connectivity index (χ1n) is 5.63. The molecule has 1 aromatic heterocycles. The van der Waals surface area contributed by atoms with Gasteiger partial charge in [-0.05, 0) is 32.7 Å². The molecule has 1 amide bonds. The molecule has 0 aliphatic heterocycles. The van der Waals surface area contributed by atoms with Gasteiger partial charge < -0.3 is 11.1 Å². The molecule has 4 nitrogen and oxygen atoms in total. The molecule has 1 heterocycles. The Morgan fingerprint density at radius 1 is 1.44 bits per heavy atom. The maximum atomic E-state index is 11.8. The minimum atomic E-state index is -0.0224. The molecule has 106 valence electrons. The highest BCUT2D eigenvalue weighted by molar-refractivity contribution is 7.13. The first-order valence-corrected chi connectivity index (χ1v) is 6.45. The van der Waals surface area contributed by atoms with E-state index in [1.165, 1.54) is 11.3 Å². The Kier molecular flexibility index (Phi) is 11.7. The van der Waals surface area contributed by atoms with E-state index in [1.54, 1.807) is 0 Å². The first kappa shape index (κ1) is 20.0. The van der Waals surface area contributed by atoms with E-state index in [9.17, 15) is 4.79 Å². The second-order valence-corrected chi connectivity index (χ2v) is 4.75. The molecular formula is C11H21Cl2N3OS. The Balaban J connectivity index is 0. The summed E-state index contributed by atoms with van der Waals surface area (Å²) in [5, 5.41) is 3.89. The third-order valence-electron chi connectivity index (χ3n) is 2.18. The highest BCUT2D eigenvalue weighted by Crippen LogP contribution is 2.19. The zero-order valence-electron chi connectivity index (χ0n) is 10.7. The molecule has 3 N–H and O–H groups in total. The number of nitrogens with zero attached hydrogens (tertiary/aromatic N) is 1. The lowest BCUT2D eigenvalue weighted by Gasteiger charge is -2.01. The van der Waals surface area contributed by atoms with Gasteiger partial charge in [0.15, 0.2) is 0 Å². The van der Waals surface area contributed by atoms with Crippen LogP contribution in [0.5, 0.6) is 0 Å². The predicted molar refractivity (Wildman–Crippen MR) is 81.3 cm³/mol. The van der Waals surface area contributed by atoms with Gasteiger partial charge in [0.25, 0.3) is 5.91 Å². The molecule has 0 aliphatic carbocycles. The Hall–Kier alpha value is -0.360. The molecule has 1 rings (SSSR count). The summed E-state index contributed by atoms with van der Waals surface area (Å²) in [6, 6.07) is 0. The Morgan fingerprint density at radius 3 is 2.67 bits per heavy atom. The van der Waals surface area contributed by atoms with Gasteiger partial charge in [0.1, 0.15) is 4.88 Å². The number of nitrogens with two attached hydrogens (primary N) is 1. The fraction of sp³-hybridized carbons (Fsp3) is 0.636. The highest BCUT2D eigenvalue weighted by Gasteiger charge is 2.13. The van der Waals surface area contributed by atoms with Crippen LogP contribution in [0.4, 0.5) is 0 Å². The second kappa shape index (κ2) is 10.6. The van der Waals surface area contributed by atoms with Crippen LogP contribution in [0, 0.1) is 6.92 Å². The number of rotatable bonds is 6. The van der Waals surface area contributed by atoms with Gasteiger partial charge in [0.2, 0.25) is 0 Å². The lowest BCUT2D eigenvalue weighted by molar-refractivity contribution is 0.0957. The number of nitrogens with one attached hydrogen (secondary N) is 1. The number of thiazole rings is 1. The van der Waals surface area contributed by atoms with Crippen molar-refractivity contribution in [3.63, 3.8) is 0 Å². The van der Waals surface area contributed by atoms with E-state index in [1.807, 2.05) is 6.92 Å². The summed E-state index contributed by atoms with van der Waals surface area (Å²) in [6.45, 7) is 5.23. The SMILES string of the molecule is CCCc1nc(C)c(C(=O)NCCCN)s1.Cl.Cl. The van der Waals surface area contributed by atoms with E-state index in [0.717, 1.165) is 34.8 Å². The van der Waals surface area contributed by atoms with Gasteiger partial charge in [0.05, 0.1) is 10.7 Å². The normalized spacial score (nSPS) is 9.28. The van der Waals surface area contributed by atoms with Crippen molar-refractivity contribution < 1.29 is 4.79 Å². The van der Waals surface area contributed by atoms with E-state index >= 15 is 0 Å². The fourth-order valence-electron chi connectivity index (χ4n) is 1.37. The van der Waals surface area contributed by atoms with Gasteiger partial charge in [-0.15, -0.1) is 36.2 Å². The van der Waals surface area contributed by atoms with E-state index in [-0.39, 0.29) is 30.7 Å². The average Bonchev–Trinajstić information content (AvgIpc) is 2.60. The number of hydrogen-bond donors (Lipinski definition) is 2. The van der Waals surface area contributed by atoms with Crippen LogP contribution in [-0.4, -0.2) is 24.0 Å². The van der Waals surface area contributed by atoms with Gasteiger partial charge in [-0.3, -0.25) is 4.79 Å². The largest absolute Gasteiger partial charge is 0.351 e. The molecule has 0 fully saturated rings. The summed E-state index contributed by atoms with van der Waals surface area (Å²) in [4.78, 5) is 16.9. The van der Waals surface area contributed by atoms with Crippen LogP contribution in [0.2, 0.25) is 0 Å². The highest BCUT2D eigenvalue weighted by atomic mass is 35.5. The summed E-state index contributed by atoms with van der Waals surface area (Å²) in [5.41, 5.74) is 6.20. The maximum Gasteiger partial charge on any atom is 0.263 e. The predicted octanol–water partition coefficient (Wildman–Crippen LogP) is 2.33. The minimum absolute atomic E-state index is 0. The lowest BCUT2D eigenvalue weighted by Crippen LogP contribution is -2.25. The molecule has 0 unspecified atom stereocenters. The van der Waals surface area contributed by atoms with Crippen molar-refractivity contribution in [1.29, 1.82) is 0 Å². The lowest BCUT2D eigenvalue weighted by atomic mass is 10.3. The van der Waals surface area contributed by atoms with Crippen LogP contribution < -0.4 is 11.1 Å². The summed E-state index contributed by atoms with van der Waals surface area (Å²) in [5.74, 6) is -0.0224. The molecule has 18 heavy (non-hydrogen) atoms. The number of carbonyl (C=O) groups excluding carboxylic acids is 1. The number of carbonyl (C=O) groups is 1. The van der Waals surface area contributed by atoms with Gasteiger partial charge in [-0.2, -0.15) is 0 Å². The van der Waals surface area contributed by atoms with E-state index in [4.69, 9.17) is 5.73 Å². The number of aryl methyl sites for hydroxylation is 2. The molecule has 0 aliphatic rings. The molecule has 0 spiro atoms. The molecule has 1 aromatic rings. The molecule has 0 saturated heterocycles. The molecule has 0 saturated carbocycles. The van der Waals surface area contributed by atoms with Crippen LogP contribution in [0.25, 0.3) is 0 Å². The van der Waals surface area contributed by atoms with Crippen molar-refractivity contribution in [2.45, 2.75) is 33.1 Å². The van der Waals surface area contributed by atoms with Crippen LogP contribution in [-0.2, 0) is 6.42 Å². The van der Waals surface area contributed by atoms with E-state index in [2.05, 4.69) is 17.2 Å². The van der Waals surface area contributed by atoms with Crippen LogP contribution in [0.15, 0.2) is 0 Å². The van der Waals surface area contributed by atoms with Crippen molar-refractivity contribution >= 4 is 42.1 Å². The van der Waals surface area contributed by atoms with Gasteiger partial charge in [-0.25, -0.2) is 4.98 Å². The summed E-state index contributed by atoms with van der Waals surface area (Å²) in [6.07, 6.45) is 2.81. The number of hydrogen-bond acceptors (Lipinski definition) is 4. The molecule has 0 radical (unpaired) electrons. The van der Waals surface area contributed by atoms with Gasteiger partial charge in [-0.1, -0.05) is 6.92 Å². The molecule has 0 atom stereocenters. The van der Waals surface area contributed by atoms with Crippen molar-refractivity contribution in [2.24, 2.45) is 5.73 Å². The third kappa shape index (κ3) is 6.00. The Bertz CT molecular complexity index is 358. The molecule has 0 bridgehead atoms. The number of aromatic nitrogens is 1. The quantitative estimate of drug-likeness (QED) is 0.792. The zero-order chi connectivity index (χ0) is 12.0. The van der Waals surface area contributed by atoms with Gasteiger partial charge >= 0.3 is 0 Å². The average molecular weight is 314 g/mol. The minimum Gasteiger partial charge on any atom is -0.351 e. The van der Waals surface area contributed by atoms with Gasteiger partial charge in [0, 0.05) is 6.54 Å². The monoisotopic (exact) mass is 313 g/mol. The maximum absolute atomic E-state index is 11.8. The van der Waals surface area contributed by atoms with Crippen molar-refractivity contribution in [1.82, 2.24) is 10.3 Å². The van der Waals surface area contributed by atoms with Crippen molar-refractivity contribution in [3.8, 4) is 0 Å². The number of amides is 1. The Labute approximate surface area is 125 Å². The van der Waals surface area contributed by atoms with E-state index < -0.39 is 0 Å². The third-order valence-corrected chi connectivity index (χ3v) is 3.39. The van der Waals surface area contributed by atoms with Crippen molar-refractivity contribution in [3.05, 3.63) is 15.6 Å². The molecule has 7 heteroatoms. The summed E-state index contributed by atoms with van der Waals surface area (Å²) in [7, 11) is 0. The Morgan fingerprint density at radius 2 is 2.11 bits per heavy atom. The van der Waals surface area contributed by atoms with Crippen LogP contribution >= 0.6 is 36.2 Å². The van der Waals surface area contributed by atoms with Crippen molar-refractivity contribution in [2.75, 3.05) is 13.1 Å². The standard InChI is InChI=1S/C11H19N3OS.2ClH/c1-3-5-9-14-8(2)10(16-9)11(15)13-7-4-6-12;;/h3-7,12H2,1-2H3,(H,13,15);2*1H. The zero-order valence-corrected chi connectivity index (χ0v) is 13.1. The first-order chi connectivity index (χ1) is 7.69. The van der Waals surface area contributed by atoms with Crippen LogP contribution in [0.1, 0.15) is 40.1 Å². The summed E-state index contributed by atoms with van der Waals surface area (Å²) >= 11 is 1.50. The fourth-order valence-corrected chi connectivity index (χ4v) is 2.45. The second-order valence-electron chi connectivity index (χ2n) is 3.67. The van der Waals surface area contributed by atoms with Crippen LogP contribution in [0.3, 0.4) is 0 Å². The molecular weight excluding hydrogens is 293 g/mol. The topological polar surface area (TPSA) is 68.0 Å². The van der Waals surface area contributed by atoms with E-state index in [0.29, 0.717) is 13.1 Å². The molecule has 0 aromatic carbocycles. The smallest absolute Gasteiger partial charge is 0.263 e. The summed E-state index contributed by atoms with van der Waals surface area (Å²) < 4.78 is 0.